The summed E-state index contributed by atoms with van der Waals surface area (Å²) in [5.41, 5.74) is 12.4. The molecule has 0 saturated heterocycles. The molecule has 2 aromatic carbocycles. The Hall–Kier alpha value is -4.52. The number of aromatic amines is 1. The zero-order valence-corrected chi connectivity index (χ0v) is 22.7. The largest absolute Gasteiger partial charge is 0.398 e. The number of hydrogen-bond acceptors (Lipinski definition) is 4. The van der Waals surface area contributed by atoms with Gasteiger partial charge in [-0.3, -0.25) is 0 Å². The molecule has 5 nitrogen and oxygen atoms in total. The molecule has 39 heavy (non-hydrogen) atoms. The first-order chi connectivity index (χ1) is 18.5. The van der Waals surface area contributed by atoms with Gasteiger partial charge in [-0.2, -0.15) is 0 Å². The predicted octanol–water partition coefficient (Wildman–Crippen LogP) is 7.70. The molecule has 0 aliphatic rings. The van der Waals surface area contributed by atoms with Gasteiger partial charge in [-0.1, -0.05) is 52.1 Å². The van der Waals surface area contributed by atoms with Gasteiger partial charge in [-0.15, -0.1) is 0 Å². The van der Waals surface area contributed by atoms with Crippen LogP contribution >= 0.6 is 0 Å². The van der Waals surface area contributed by atoms with Crippen molar-refractivity contribution in [3.8, 4) is 11.1 Å². The number of benzene rings is 2. The van der Waals surface area contributed by atoms with Gasteiger partial charge >= 0.3 is 0 Å². The predicted molar refractivity (Wildman–Crippen MR) is 157 cm³/mol. The Balaban J connectivity index is 1.69. The first kappa shape index (κ1) is 27.5. The minimum atomic E-state index is -0.432. The number of nitrogens with two attached hydrogens (primary N) is 1. The van der Waals surface area contributed by atoms with Crippen LogP contribution in [0.4, 0.5) is 14.5 Å². The molecule has 0 unspecified atom stereocenters. The smallest absolute Gasteiger partial charge is 0.178 e. The molecule has 0 atom stereocenters. The number of anilines is 1. The lowest BCUT2D eigenvalue weighted by atomic mass is 9.92. The summed E-state index contributed by atoms with van der Waals surface area (Å²) in [6, 6.07) is 11.2. The Labute approximate surface area is 227 Å². The van der Waals surface area contributed by atoms with Crippen LogP contribution in [0.25, 0.3) is 27.9 Å². The number of nitrogens with zero attached hydrogens (tertiary/aromatic N) is 2. The van der Waals surface area contributed by atoms with Crippen LogP contribution in [0, 0.1) is 17.0 Å². The fourth-order valence-electron chi connectivity index (χ4n) is 4.12. The Morgan fingerprint density at radius 2 is 1.92 bits per heavy atom. The van der Waals surface area contributed by atoms with Gasteiger partial charge in [-0.25, -0.2) is 18.7 Å². The highest BCUT2D eigenvalue weighted by Gasteiger charge is 2.17. The van der Waals surface area contributed by atoms with Crippen LogP contribution in [0.5, 0.6) is 0 Å². The van der Waals surface area contributed by atoms with Crippen molar-refractivity contribution in [2.24, 2.45) is 5.41 Å². The Morgan fingerprint density at radius 3 is 2.59 bits per heavy atom. The highest BCUT2D eigenvalue weighted by Crippen LogP contribution is 2.30. The molecular formula is C32H33F2N5. The van der Waals surface area contributed by atoms with Crippen LogP contribution < -0.4 is 11.1 Å². The van der Waals surface area contributed by atoms with Crippen molar-refractivity contribution in [3.63, 3.8) is 0 Å². The summed E-state index contributed by atoms with van der Waals surface area (Å²) in [5.74, 6) is -0.147. The van der Waals surface area contributed by atoms with E-state index in [0.717, 1.165) is 11.3 Å². The topological polar surface area (TPSA) is 79.6 Å². The normalized spacial score (nSPS) is 12.6. The molecule has 4 aromatic rings. The fourth-order valence-corrected chi connectivity index (χ4v) is 4.12. The van der Waals surface area contributed by atoms with Crippen molar-refractivity contribution in [1.82, 2.24) is 20.3 Å². The first-order valence-electron chi connectivity index (χ1n) is 12.6. The van der Waals surface area contributed by atoms with Gasteiger partial charge in [0.2, 0.25) is 0 Å². The van der Waals surface area contributed by atoms with Gasteiger partial charge in [0.1, 0.15) is 17.5 Å². The summed E-state index contributed by atoms with van der Waals surface area (Å²) in [6.45, 7) is 16.0. The molecule has 0 fully saturated rings. The molecule has 4 rings (SSSR count). The van der Waals surface area contributed by atoms with E-state index in [1.165, 1.54) is 18.2 Å². The van der Waals surface area contributed by atoms with Crippen LogP contribution in [0.3, 0.4) is 0 Å². The molecule has 200 valence electrons. The summed E-state index contributed by atoms with van der Waals surface area (Å²) in [5, 5.41) is 3.28. The zero-order valence-electron chi connectivity index (χ0n) is 22.7. The van der Waals surface area contributed by atoms with Crippen molar-refractivity contribution in [2.45, 2.75) is 34.1 Å². The van der Waals surface area contributed by atoms with E-state index < -0.39 is 5.82 Å². The summed E-state index contributed by atoms with van der Waals surface area (Å²) < 4.78 is 29.0. The molecule has 0 aliphatic heterocycles. The number of pyridine rings is 1. The molecule has 0 spiro atoms. The van der Waals surface area contributed by atoms with Gasteiger partial charge in [0.25, 0.3) is 0 Å². The number of allylic oxidation sites excluding steroid dienone is 5. The Kier molecular flexibility index (Phi) is 7.81. The van der Waals surface area contributed by atoms with E-state index in [1.54, 1.807) is 24.4 Å². The average Bonchev–Trinajstić information content (AvgIpc) is 3.30. The second-order valence-electron chi connectivity index (χ2n) is 10.4. The molecule has 0 bridgehead atoms. The molecule has 0 amide bonds. The summed E-state index contributed by atoms with van der Waals surface area (Å²) in [6.07, 6.45) is 7.31. The Morgan fingerprint density at radius 1 is 1.15 bits per heavy atom. The van der Waals surface area contributed by atoms with E-state index in [0.29, 0.717) is 57.1 Å². The van der Waals surface area contributed by atoms with E-state index in [1.807, 2.05) is 31.2 Å². The molecule has 2 aromatic heterocycles. The molecule has 4 N–H and O–H groups in total. The summed E-state index contributed by atoms with van der Waals surface area (Å²) in [4.78, 5) is 12.3. The second-order valence-corrected chi connectivity index (χ2v) is 10.4. The Bertz CT molecular complexity index is 1620. The van der Waals surface area contributed by atoms with Crippen molar-refractivity contribution in [1.29, 1.82) is 0 Å². The standard InChI is InChI=1S/C32H33F2N5/c1-7-20(15-24(8-2)37-19(3)32(4,5)6)26-16-22(28(35)18-27(26)34)17-29-38-30-25(12-13-36-31(30)39-29)21-10-9-11-23(33)14-21/h7-16,18,37H,2-3,17,35H2,1,4-6H3,(H,36,38,39)/b20-7+,24-15+. The van der Waals surface area contributed by atoms with Crippen molar-refractivity contribution in [3.05, 3.63) is 120 Å². The van der Waals surface area contributed by atoms with Crippen molar-refractivity contribution >= 4 is 22.4 Å². The van der Waals surface area contributed by atoms with Gasteiger partial charge in [0, 0.05) is 46.2 Å². The lowest BCUT2D eigenvalue weighted by molar-refractivity contribution is 0.478. The quantitative estimate of drug-likeness (QED) is 0.163. The van der Waals surface area contributed by atoms with Crippen LogP contribution in [0.1, 0.15) is 44.6 Å². The van der Waals surface area contributed by atoms with Crippen molar-refractivity contribution in [2.75, 3.05) is 5.73 Å². The fraction of sp³-hybridized carbons (Fsp3) is 0.188. The number of nitrogen functional groups attached to an aromatic ring is 1. The summed E-state index contributed by atoms with van der Waals surface area (Å²) >= 11 is 0. The highest BCUT2D eigenvalue weighted by molar-refractivity contribution is 5.89. The maximum absolute atomic E-state index is 15.2. The monoisotopic (exact) mass is 525 g/mol. The number of aromatic nitrogens is 3. The highest BCUT2D eigenvalue weighted by atomic mass is 19.1. The van der Waals surface area contributed by atoms with Crippen LogP contribution in [0.15, 0.2) is 91.4 Å². The third kappa shape index (κ3) is 6.14. The van der Waals surface area contributed by atoms with Crippen molar-refractivity contribution < 1.29 is 8.78 Å². The second kappa shape index (κ2) is 11.1. The SMILES string of the molecule is C=C/C(=C\C(=C/C)c1cc(Cc2nc3nccc(-c4cccc(F)c4)c3[nH]2)c(N)cc1F)NC(=C)C(C)(C)C. The number of H-pyrrole nitrogens is 1. The van der Waals surface area contributed by atoms with E-state index in [4.69, 9.17) is 5.73 Å². The third-order valence-electron chi connectivity index (χ3n) is 6.52. The third-order valence-corrected chi connectivity index (χ3v) is 6.52. The minimum absolute atomic E-state index is 0.159. The van der Waals surface area contributed by atoms with Crippen LogP contribution in [0.2, 0.25) is 0 Å². The number of fused-ring (bicyclic) bond motifs is 1. The molecule has 0 saturated carbocycles. The minimum Gasteiger partial charge on any atom is -0.398 e. The zero-order chi connectivity index (χ0) is 28.3. The number of nitrogens with one attached hydrogen (secondary N) is 2. The maximum Gasteiger partial charge on any atom is 0.178 e. The summed E-state index contributed by atoms with van der Waals surface area (Å²) in [7, 11) is 0. The molecular weight excluding hydrogens is 492 g/mol. The lowest BCUT2D eigenvalue weighted by Gasteiger charge is -2.24. The average molecular weight is 526 g/mol. The number of halogens is 2. The number of rotatable bonds is 8. The first-order valence-corrected chi connectivity index (χ1v) is 12.6. The van der Waals surface area contributed by atoms with Crippen LogP contribution in [-0.4, -0.2) is 15.0 Å². The van der Waals surface area contributed by atoms with E-state index in [2.05, 4.69) is 54.2 Å². The van der Waals surface area contributed by atoms with E-state index in [-0.39, 0.29) is 11.2 Å². The van der Waals surface area contributed by atoms with Gasteiger partial charge in [0.05, 0.1) is 5.52 Å². The molecule has 2 heterocycles. The van der Waals surface area contributed by atoms with E-state index in [9.17, 15) is 4.39 Å². The van der Waals surface area contributed by atoms with Gasteiger partial charge in [0.15, 0.2) is 5.65 Å². The maximum atomic E-state index is 15.2. The molecule has 0 radical (unpaired) electrons. The molecule has 7 heteroatoms. The van der Waals surface area contributed by atoms with Crippen LogP contribution in [-0.2, 0) is 6.42 Å². The van der Waals surface area contributed by atoms with Gasteiger partial charge < -0.3 is 16.0 Å². The van der Waals surface area contributed by atoms with E-state index >= 15 is 4.39 Å². The molecule has 0 aliphatic carbocycles. The number of imidazole rings is 1. The number of hydrogen-bond donors (Lipinski definition) is 3. The van der Waals surface area contributed by atoms with Gasteiger partial charge in [-0.05, 0) is 66.1 Å². The lowest BCUT2D eigenvalue weighted by Crippen LogP contribution is -2.22.